The van der Waals surface area contributed by atoms with Gasteiger partial charge >= 0.3 is 0 Å². The van der Waals surface area contributed by atoms with E-state index in [0.29, 0.717) is 19.1 Å². The number of aryl methyl sites for hydroxylation is 1. The van der Waals surface area contributed by atoms with Crippen molar-refractivity contribution in [2.45, 2.75) is 26.3 Å². The molecule has 7 nitrogen and oxygen atoms in total. The second kappa shape index (κ2) is 11.3. The maximum atomic E-state index is 5.90. The topological polar surface area (TPSA) is 75.5 Å². The second-order valence-corrected chi connectivity index (χ2v) is 7.97. The highest BCUT2D eigenvalue weighted by atomic mass is 16.5. The molecule has 172 valence electrons. The Labute approximate surface area is 195 Å². The summed E-state index contributed by atoms with van der Waals surface area (Å²) in [7, 11) is 0. The van der Waals surface area contributed by atoms with Crippen molar-refractivity contribution in [2.24, 2.45) is 0 Å². The molecule has 1 fully saturated rings. The van der Waals surface area contributed by atoms with Crippen LogP contribution >= 0.6 is 0 Å². The molecule has 0 bridgehead atoms. The van der Waals surface area contributed by atoms with E-state index in [1.54, 1.807) is 12.3 Å². The summed E-state index contributed by atoms with van der Waals surface area (Å²) in [6, 6.07) is 11.7. The van der Waals surface area contributed by atoms with Gasteiger partial charge in [0.05, 0.1) is 18.5 Å². The molecule has 3 aromatic rings. The summed E-state index contributed by atoms with van der Waals surface area (Å²) in [6.45, 7) is 10.3. The van der Waals surface area contributed by atoms with E-state index in [9.17, 15) is 0 Å². The zero-order valence-electron chi connectivity index (χ0n) is 19.1. The lowest BCUT2D eigenvalue weighted by molar-refractivity contribution is 0.238. The Morgan fingerprint density at radius 1 is 1.15 bits per heavy atom. The van der Waals surface area contributed by atoms with E-state index >= 15 is 0 Å². The smallest absolute Gasteiger partial charge is 0.229 e. The van der Waals surface area contributed by atoms with Crippen molar-refractivity contribution < 1.29 is 9.15 Å². The molecule has 0 radical (unpaired) electrons. The van der Waals surface area contributed by atoms with Crippen LogP contribution in [-0.4, -0.2) is 41.1 Å². The standard InChI is InChI=1S/C26H31N5O2/c1-3-4-9-24-20(2)28-26(30-25(24)27-19-23-8-7-17-32-23)29-21-10-12-22(13-11-21)33-18-16-31-14-5-6-15-31/h3-4,7-13,17H,1,5-6,14-16,18-19H2,2H3,(H2,27,28,29,30)/b9-4-. The molecule has 2 N–H and O–H groups in total. The molecule has 1 aliphatic rings. The maximum absolute atomic E-state index is 5.90. The van der Waals surface area contributed by atoms with Crippen LogP contribution in [0.2, 0.25) is 0 Å². The van der Waals surface area contributed by atoms with Crippen molar-refractivity contribution in [1.29, 1.82) is 0 Å². The molecule has 1 aliphatic heterocycles. The van der Waals surface area contributed by atoms with E-state index in [2.05, 4.69) is 27.1 Å². The van der Waals surface area contributed by atoms with Gasteiger partial charge < -0.3 is 19.8 Å². The lowest BCUT2D eigenvalue weighted by atomic mass is 10.2. The van der Waals surface area contributed by atoms with E-state index in [4.69, 9.17) is 14.1 Å². The summed E-state index contributed by atoms with van der Waals surface area (Å²) >= 11 is 0. The molecule has 3 heterocycles. The van der Waals surface area contributed by atoms with Crippen LogP contribution in [0.15, 0.2) is 65.8 Å². The number of benzene rings is 1. The van der Waals surface area contributed by atoms with Gasteiger partial charge in [-0.3, -0.25) is 4.90 Å². The number of nitrogens with one attached hydrogen (secondary N) is 2. The summed E-state index contributed by atoms with van der Waals surface area (Å²) in [5.74, 6) is 2.94. The number of nitrogens with zero attached hydrogens (tertiary/aromatic N) is 3. The Hall–Kier alpha value is -3.58. The third-order valence-electron chi connectivity index (χ3n) is 5.53. The van der Waals surface area contributed by atoms with Gasteiger partial charge in [0, 0.05) is 17.8 Å². The molecule has 2 aromatic heterocycles. The largest absolute Gasteiger partial charge is 0.492 e. The van der Waals surface area contributed by atoms with Crippen molar-refractivity contribution in [3.05, 3.63) is 78.4 Å². The van der Waals surface area contributed by atoms with Crippen LogP contribution < -0.4 is 15.4 Å². The molecule has 0 spiro atoms. The van der Waals surface area contributed by atoms with E-state index in [1.165, 1.54) is 25.9 Å². The highest BCUT2D eigenvalue weighted by Crippen LogP contribution is 2.24. The quantitative estimate of drug-likeness (QED) is 0.382. The number of rotatable bonds is 11. The van der Waals surface area contributed by atoms with Crippen molar-refractivity contribution in [1.82, 2.24) is 14.9 Å². The molecule has 0 saturated carbocycles. The maximum Gasteiger partial charge on any atom is 0.229 e. The van der Waals surface area contributed by atoms with Gasteiger partial charge in [-0.05, 0) is 75.3 Å². The van der Waals surface area contributed by atoms with Crippen LogP contribution in [0.4, 0.5) is 17.5 Å². The highest BCUT2D eigenvalue weighted by molar-refractivity contribution is 5.68. The van der Waals surface area contributed by atoms with E-state index in [0.717, 1.165) is 40.8 Å². The van der Waals surface area contributed by atoms with Gasteiger partial charge in [0.15, 0.2) is 0 Å². The monoisotopic (exact) mass is 445 g/mol. The van der Waals surface area contributed by atoms with Crippen molar-refractivity contribution in [3.8, 4) is 5.75 Å². The molecule has 1 aromatic carbocycles. The third-order valence-corrected chi connectivity index (χ3v) is 5.53. The highest BCUT2D eigenvalue weighted by Gasteiger charge is 2.12. The summed E-state index contributed by atoms with van der Waals surface area (Å²) in [4.78, 5) is 11.8. The van der Waals surface area contributed by atoms with Gasteiger partial charge in [-0.25, -0.2) is 4.98 Å². The van der Waals surface area contributed by atoms with Gasteiger partial charge in [0.1, 0.15) is 23.9 Å². The summed E-state index contributed by atoms with van der Waals surface area (Å²) in [6.07, 6.45) is 9.81. The zero-order valence-corrected chi connectivity index (χ0v) is 19.1. The SMILES string of the molecule is C=C/C=C\c1c(C)nc(Nc2ccc(OCCN3CCCC3)cc2)nc1NCc1ccco1. The number of anilines is 3. The zero-order chi connectivity index (χ0) is 22.9. The number of hydrogen-bond donors (Lipinski definition) is 2. The number of ether oxygens (including phenoxy) is 1. The fourth-order valence-electron chi connectivity index (χ4n) is 3.78. The number of furan rings is 1. The molecule has 0 amide bonds. The minimum atomic E-state index is 0.521. The van der Waals surface area contributed by atoms with Crippen LogP contribution in [-0.2, 0) is 6.54 Å². The number of hydrogen-bond acceptors (Lipinski definition) is 7. The van der Waals surface area contributed by atoms with Crippen LogP contribution in [0, 0.1) is 6.92 Å². The van der Waals surface area contributed by atoms with Gasteiger partial charge in [-0.15, -0.1) is 0 Å². The first-order valence-corrected chi connectivity index (χ1v) is 11.4. The average Bonchev–Trinajstić information content (AvgIpc) is 3.53. The van der Waals surface area contributed by atoms with Crippen molar-refractivity contribution in [3.63, 3.8) is 0 Å². The van der Waals surface area contributed by atoms with E-state index < -0.39 is 0 Å². The fourth-order valence-corrected chi connectivity index (χ4v) is 3.78. The fraction of sp³-hybridized carbons (Fsp3) is 0.308. The predicted octanol–water partition coefficient (Wildman–Crippen LogP) is 5.41. The minimum Gasteiger partial charge on any atom is -0.492 e. The Kier molecular flexibility index (Phi) is 7.76. The van der Waals surface area contributed by atoms with Gasteiger partial charge in [-0.1, -0.05) is 18.7 Å². The predicted molar refractivity (Wildman–Crippen MR) is 133 cm³/mol. The van der Waals surface area contributed by atoms with Crippen LogP contribution in [0.3, 0.4) is 0 Å². The minimum absolute atomic E-state index is 0.521. The van der Waals surface area contributed by atoms with Crippen molar-refractivity contribution in [2.75, 3.05) is 36.9 Å². The second-order valence-electron chi connectivity index (χ2n) is 7.97. The Morgan fingerprint density at radius 3 is 2.70 bits per heavy atom. The van der Waals surface area contributed by atoms with Crippen LogP contribution in [0.5, 0.6) is 5.75 Å². The van der Waals surface area contributed by atoms with Gasteiger partial charge in [0.2, 0.25) is 5.95 Å². The number of aromatic nitrogens is 2. The number of allylic oxidation sites excluding steroid dienone is 2. The van der Waals surface area contributed by atoms with Crippen molar-refractivity contribution >= 4 is 23.5 Å². The summed E-state index contributed by atoms with van der Waals surface area (Å²) in [5.41, 5.74) is 2.66. The van der Waals surface area contributed by atoms with E-state index in [1.807, 2.05) is 55.5 Å². The Bertz CT molecular complexity index is 1060. The lowest BCUT2D eigenvalue weighted by Crippen LogP contribution is -2.25. The first-order valence-electron chi connectivity index (χ1n) is 11.4. The first-order chi connectivity index (χ1) is 16.2. The molecule has 1 saturated heterocycles. The molecule has 0 atom stereocenters. The lowest BCUT2D eigenvalue weighted by Gasteiger charge is -2.15. The summed E-state index contributed by atoms with van der Waals surface area (Å²) in [5, 5.41) is 6.65. The average molecular weight is 446 g/mol. The van der Waals surface area contributed by atoms with Crippen LogP contribution in [0.25, 0.3) is 6.08 Å². The van der Waals surface area contributed by atoms with E-state index in [-0.39, 0.29) is 0 Å². The Balaban J connectivity index is 1.41. The molecule has 0 unspecified atom stereocenters. The van der Waals surface area contributed by atoms with Gasteiger partial charge in [-0.2, -0.15) is 4.98 Å². The Morgan fingerprint density at radius 2 is 1.97 bits per heavy atom. The molecule has 7 heteroatoms. The van der Waals surface area contributed by atoms with Crippen LogP contribution in [0.1, 0.15) is 29.9 Å². The normalized spacial score (nSPS) is 14.0. The molecule has 4 rings (SSSR count). The summed E-state index contributed by atoms with van der Waals surface area (Å²) < 4.78 is 11.3. The van der Waals surface area contributed by atoms with Gasteiger partial charge in [0.25, 0.3) is 0 Å². The third kappa shape index (κ3) is 6.46. The number of likely N-dealkylation sites (tertiary alicyclic amines) is 1. The first kappa shape index (κ1) is 22.6. The molecule has 33 heavy (non-hydrogen) atoms. The molecular formula is C26H31N5O2. The molecule has 0 aliphatic carbocycles. The molecular weight excluding hydrogens is 414 g/mol.